The minimum Gasteiger partial charge on any atom is -0.493 e. The molecule has 3 amide bonds. The van der Waals surface area contributed by atoms with Crippen molar-refractivity contribution < 1.29 is 19.1 Å². The Balaban J connectivity index is 1.59. The Morgan fingerprint density at radius 1 is 1.06 bits per heavy atom. The highest BCUT2D eigenvalue weighted by Gasteiger charge is 2.35. The summed E-state index contributed by atoms with van der Waals surface area (Å²) in [7, 11) is 1.52. The maximum atomic E-state index is 12.9. The summed E-state index contributed by atoms with van der Waals surface area (Å²) in [6, 6.07) is 16.8. The van der Waals surface area contributed by atoms with E-state index < -0.39 is 11.9 Å². The lowest BCUT2D eigenvalue weighted by Gasteiger charge is -2.14. The van der Waals surface area contributed by atoms with Crippen LogP contribution in [0, 0.1) is 0 Å². The predicted octanol–water partition coefficient (Wildman–Crippen LogP) is 6.44. The van der Waals surface area contributed by atoms with E-state index in [0.717, 1.165) is 10.5 Å². The van der Waals surface area contributed by atoms with Gasteiger partial charge in [0.15, 0.2) is 11.5 Å². The zero-order valence-corrected chi connectivity index (χ0v) is 20.4. The number of rotatable bonds is 6. The molecular formula is C24H17BrCl2N2O4. The number of halogens is 3. The smallest absolute Gasteiger partial charge is 0.333 e. The highest BCUT2D eigenvalue weighted by atomic mass is 79.9. The molecule has 168 valence electrons. The van der Waals surface area contributed by atoms with Crippen molar-refractivity contribution in [3.8, 4) is 11.5 Å². The molecule has 0 radical (unpaired) electrons. The fourth-order valence-corrected chi connectivity index (χ4v) is 4.23. The molecule has 1 aliphatic rings. The van der Waals surface area contributed by atoms with Gasteiger partial charge in [-0.15, -0.1) is 0 Å². The Kier molecular flexibility index (Phi) is 6.93. The Morgan fingerprint density at radius 3 is 2.58 bits per heavy atom. The summed E-state index contributed by atoms with van der Waals surface area (Å²) in [5.74, 6) is 0.449. The van der Waals surface area contributed by atoms with Crippen LogP contribution < -0.4 is 19.7 Å². The summed E-state index contributed by atoms with van der Waals surface area (Å²) in [4.78, 5) is 26.3. The minimum atomic E-state index is -0.556. The lowest BCUT2D eigenvalue weighted by molar-refractivity contribution is -0.113. The van der Waals surface area contributed by atoms with Crippen molar-refractivity contribution in [2.45, 2.75) is 6.61 Å². The lowest BCUT2D eigenvalue weighted by atomic mass is 10.1. The molecule has 0 aromatic heterocycles. The van der Waals surface area contributed by atoms with Crippen LogP contribution in [0.1, 0.15) is 11.1 Å². The molecule has 0 bridgehead atoms. The Bertz CT molecular complexity index is 1280. The van der Waals surface area contributed by atoms with Crippen molar-refractivity contribution in [3.63, 3.8) is 0 Å². The van der Waals surface area contributed by atoms with Crippen LogP contribution in [0.25, 0.3) is 6.08 Å². The molecule has 1 N–H and O–H groups in total. The van der Waals surface area contributed by atoms with E-state index in [0.29, 0.717) is 37.3 Å². The number of anilines is 1. The van der Waals surface area contributed by atoms with Gasteiger partial charge in [-0.1, -0.05) is 47.5 Å². The van der Waals surface area contributed by atoms with E-state index in [1.165, 1.54) is 7.11 Å². The highest BCUT2D eigenvalue weighted by Crippen LogP contribution is 2.38. The molecule has 0 unspecified atom stereocenters. The first kappa shape index (κ1) is 23.2. The maximum Gasteiger partial charge on any atom is 0.333 e. The number of carbonyl (C=O) groups excluding carboxylic acids is 2. The second-order valence-electron chi connectivity index (χ2n) is 7.02. The molecule has 0 spiro atoms. The van der Waals surface area contributed by atoms with E-state index in [9.17, 15) is 9.59 Å². The SMILES string of the molecule is COc1cc(/C=C2\NC(=O)N(c3cccc(Cl)c3)C2=O)cc(Br)c1OCc1ccccc1Cl. The second-order valence-corrected chi connectivity index (χ2v) is 8.72. The molecule has 1 aliphatic heterocycles. The molecule has 1 heterocycles. The number of benzene rings is 3. The predicted molar refractivity (Wildman–Crippen MR) is 132 cm³/mol. The number of urea groups is 1. The summed E-state index contributed by atoms with van der Waals surface area (Å²) in [5, 5.41) is 3.63. The van der Waals surface area contributed by atoms with Gasteiger partial charge in [0.25, 0.3) is 5.91 Å². The third kappa shape index (κ3) is 5.00. The standard InChI is InChI=1S/C24H17BrCl2N2O4/c1-32-21-11-14(9-18(25)22(21)33-13-15-5-2-3-8-19(15)27)10-20-23(30)29(24(31)28-20)17-7-4-6-16(26)12-17/h2-12H,13H2,1H3,(H,28,31)/b20-10-. The Hall–Kier alpha value is -3.00. The lowest BCUT2D eigenvalue weighted by Crippen LogP contribution is -2.30. The summed E-state index contributed by atoms with van der Waals surface area (Å²) in [6.07, 6.45) is 1.57. The Morgan fingerprint density at radius 2 is 1.85 bits per heavy atom. The van der Waals surface area contributed by atoms with E-state index in [2.05, 4.69) is 21.2 Å². The summed E-state index contributed by atoms with van der Waals surface area (Å²) in [6.45, 7) is 0.248. The molecule has 0 atom stereocenters. The van der Waals surface area contributed by atoms with E-state index in [-0.39, 0.29) is 12.3 Å². The van der Waals surface area contributed by atoms with Crippen molar-refractivity contribution in [1.82, 2.24) is 5.32 Å². The number of carbonyl (C=O) groups is 2. The third-order valence-electron chi connectivity index (χ3n) is 4.84. The number of imide groups is 1. The quantitative estimate of drug-likeness (QED) is 0.285. The topological polar surface area (TPSA) is 67.9 Å². The van der Waals surface area contributed by atoms with Crippen molar-refractivity contribution in [2.75, 3.05) is 12.0 Å². The van der Waals surface area contributed by atoms with Gasteiger partial charge in [-0.2, -0.15) is 0 Å². The van der Waals surface area contributed by atoms with Gasteiger partial charge in [0.05, 0.1) is 17.3 Å². The number of hydrogen-bond donors (Lipinski definition) is 1. The summed E-state index contributed by atoms with van der Waals surface area (Å²) in [5.41, 5.74) is 1.97. The first-order valence-electron chi connectivity index (χ1n) is 9.74. The van der Waals surface area contributed by atoms with Gasteiger partial charge < -0.3 is 14.8 Å². The fraction of sp³-hybridized carbons (Fsp3) is 0.0833. The van der Waals surface area contributed by atoms with Gasteiger partial charge in [0.2, 0.25) is 0 Å². The molecule has 6 nitrogen and oxygen atoms in total. The number of ether oxygens (including phenoxy) is 2. The summed E-state index contributed by atoms with van der Waals surface area (Å²) >= 11 is 15.7. The number of nitrogens with zero attached hydrogens (tertiary/aromatic N) is 1. The molecule has 3 aromatic carbocycles. The zero-order valence-electron chi connectivity index (χ0n) is 17.3. The molecule has 1 saturated heterocycles. The van der Waals surface area contributed by atoms with Crippen LogP contribution in [0.2, 0.25) is 10.0 Å². The van der Waals surface area contributed by atoms with Gasteiger partial charge in [0.1, 0.15) is 12.3 Å². The van der Waals surface area contributed by atoms with Gasteiger partial charge in [-0.25, -0.2) is 9.69 Å². The van der Waals surface area contributed by atoms with Crippen molar-refractivity contribution >= 4 is 62.8 Å². The van der Waals surface area contributed by atoms with E-state index >= 15 is 0 Å². The van der Waals surface area contributed by atoms with Crippen molar-refractivity contribution in [1.29, 1.82) is 0 Å². The van der Waals surface area contributed by atoms with Crippen LogP contribution in [0.15, 0.2) is 70.8 Å². The largest absolute Gasteiger partial charge is 0.493 e. The molecule has 0 aliphatic carbocycles. The average molecular weight is 548 g/mol. The Labute approximate surface area is 208 Å². The van der Waals surface area contributed by atoms with Crippen LogP contribution >= 0.6 is 39.1 Å². The second kappa shape index (κ2) is 9.87. The van der Waals surface area contributed by atoms with Crippen LogP contribution in [0.5, 0.6) is 11.5 Å². The number of hydrogen-bond acceptors (Lipinski definition) is 4. The first-order chi connectivity index (χ1) is 15.9. The van der Waals surface area contributed by atoms with Crippen LogP contribution in [0.3, 0.4) is 0 Å². The van der Waals surface area contributed by atoms with Crippen LogP contribution in [-0.2, 0) is 11.4 Å². The molecular weight excluding hydrogens is 531 g/mol. The molecule has 3 aromatic rings. The fourth-order valence-electron chi connectivity index (χ4n) is 3.28. The highest BCUT2D eigenvalue weighted by molar-refractivity contribution is 9.10. The molecule has 0 saturated carbocycles. The van der Waals surface area contributed by atoms with Gasteiger partial charge >= 0.3 is 6.03 Å². The normalized spacial score (nSPS) is 14.5. The molecule has 4 rings (SSSR count). The number of nitrogens with one attached hydrogen (secondary N) is 1. The third-order valence-corrected chi connectivity index (χ3v) is 6.03. The zero-order chi connectivity index (χ0) is 23.5. The molecule has 9 heteroatoms. The minimum absolute atomic E-state index is 0.124. The monoisotopic (exact) mass is 546 g/mol. The average Bonchev–Trinajstić information content (AvgIpc) is 3.06. The van der Waals surface area contributed by atoms with E-state index in [1.807, 2.05) is 18.2 Å². The first-order valence-corrected chi connectivity index (χ1v) is 11.3. The van der Waals surface area contributed by atoms with Crippen LogP contribution in [0.4, 0.5) is 10.5 Å². The van der Waals surface area contributed by atoms with E-state index in [4.69, 9.17) is 32.7 Å². The number of amides is 3. The van der Waals surface area contributed by atoms with E-state index in [1.54, 1.807) is 48.5 Å². The number of methoxy groups -OCH3 is 1. The van der Waals surface area contributed by atoms with Gasteiger partial charge in [-0.05, 0) is 64.0 Å². The van der Waals surface area contributed by atoms with Crippen LogP contribution in [-0.4, -0.2) is 19.0 Å². The molecule has 33 heavy (non-hydrogen) atoms. The van der Waals surface area contributed by atoms with Crippen molar-refractivity contribution in [3.05, 3.63) is 92.0 Å². The van der Waals surface area contributed by atoms with Gasteiger partial charge in [-0.3, -0.25) is 4.79 Å². The summed E-state index contributed by atoms with van der Waals surface area (Å²) < 4.78 is 12.0. The van der Waals surface area contributed by atoms with Crippen molar-refractivity contribution in [2.24, 2.45) is 0 Å². The van der Waals surface area contributed by atoms with Gasteiger partial charge in [0, 0.05) is 15.6 Å². The molecule has 1 fully saturated rings. The maximum absolute atomic E-state index is 12.9.